The second kappa shape index (κ2) is 4.70. The first-order valence-electron chi connectivity index (χ1n) is 7.34. The smallest absolute Gasteiger partial charge is 0.156 e. The highest BCUT2D eigenvalue weighted by Gasteiger charge is 2.25. The lowest BCUT2D eigenvalue weighted by Crippen LogP contribution is -2.46. The molecule has 1 saturated heterocycles. The molecule has 0 bridgehead atoms. The number of morpholine rings is 1. The Morgan fingerprint density at radius 1 is 1.14 bits per heavy atom. The van der Waals surface area contributed by atoms with Gasteiger partial charge >= 0.3 is 0 Å². The molecule has 21 heavy (non-hydrogen) atoms. The summed E-state index contributed by atoms with van der Waals surface area (Å²) in [6, 6.07) is 8.24. The minimum Gasteiger partial charge on any atom is -0.372 e. The first-order valence-corrected chi connectivity index (χ1v) is 7.34. The molecular weight excluding hydrogens is 264 g/mol. The fourth-order valence-corrected chi connectivity index (χ4v) is 3.22. The molecular formula is C16H18N4O. The van der Waals surface area contributed by atoms with Crippen molar-refractivity contribution in [3.8, 4) is 0 Å². The average molecular weight is 282 g/mol. The SMILES string of the molecule is C[C@H]1CN(c2ncnc3c2[nH]c2ccccc23)C[C@H](C)O1. The second-order valence-electron chi connectivity index (χ2n) is 5.75. The van der Waals surface area contributed by atoms with Crippen LogP contribution in [0.4, 0.5) is 5.82 Å². The molecule has 0 unspecified atom stereocenters. The third kappa shape index (κ3) is 2.05. The summed E-state index contributed by atoms with van der Waals surface area (Å²) in [5.41, 5.74) is 3.10. The number of aromatic nitrogens is 3. The number of hydrogen-bond acceptors (Lipinski definition) is 4. The van der Waals surface area contributed by atoms with Crippen LogP contribution in [-0.4, -0.2) is 40.2 Å². The fraction of sp³-hybridized carbons (Fsp3) is 0.375. The Morgan fingerprint density at radius 2 is 1.90 bits per heavy atom. The van der Waals surface area contributed by atoms with E-state index in [0.29, 0.717) is 0 Å². The maximum absolute atomic E-state index is 5.81. The molecule has 1 fully saturated rings. The Hall–Kier alpha value is -2.14. The monoisotopic (exact) mass is 282 g/mol. The topological polar surface area (TPSA) is 54.0 Å². The Morgan fingerprint density at radius 3 is 2.71 bits per heavy atom. The predicted octanol–water partition coefficient (Wildman–Crippen LogP) is 2.72. The van der Waals surface area contributed by atoms with E-state index >= 15 is 0 Å². The number of H-pyrrole nitrogens is 1. The van der Waals surface area contributed by atoms with Gasteiger partial charge in [-0.25, -0.2) is 9.97 Å². The molecule has 108 valence electrons. The normalized spacial score (nSPS) is 23.0. The molecule has 0 radical (unpaired) electrons. The minimum absolute atomic E-state index is 0.211. The highest BCUT2D eigenvalue weighted by atomic mass is 16.5. The van der Waals surface area contributed by atoms with Crippen LogP contribution in [0.2, 0.25) is 0 Å². The first-order chi connectivity index (χ1) is 10.2. The van der Waals surface area contributed by atoms with Gasteiger partial charge in [-0.05, 0) is 19.9 Å². The molecule has 3 aromatic rings. The maximum Gasteiger partial charge on any atom is 0.156 e. The largest absolute Gasteiger partial charge is 0.372 e. The van der Waals surface area contributed by atoms with Gasteiger partial charge in [0.1, 0.15) is 17.4 Å². The number of nitrogens with zero attached hydrogens (tertiary/aromatic N) is 3. The van der Waals surface area contributed by atoms with Crippen LogP contribution in [0.25, 0.3) is 21.9 Å². The fourth-order valence-electron chi connectivity index (χ4n) is 3.22. The summed E-state index contributed by atoms with van der Waals surface area (Å²) in [4.78, 5) is 14.7. The van der Waals surface area contributed by atoms with E-state index in [1.165, 1.54) is 0 Å². The van der Waals surface area contributed by atoms with Gasteiger partial charge in [0.2, 0.25) is 0 Å². The molecule has 1 aromatic carbocycles. The van der Waals surface area contributed by atoms with Crippen molar-refractivity contribution in [3.63, 3.8) is 0 Å². The van der Waals surface area contributed by atoms with Crippen molar-refractivity contribution in [3.05, 3.63) is 30.6 Å². The van der Waals surface area contributed by atoms with Crippen LogP contribution in [0.5, 0.6) is 0 Å². The quantitative estimate of drug-likeness (QED) is 0.745. The van der Waals surface area contributed by atoms with E-state index in [9.17, 15) is 0 Å². The lowest BCUT2D eigenvalue weighted by molar-refractivity contribution is -0.00537. The number of fused-ring (bicyclic) bond motifs is 3. The second-order valence-corrected chi connectivity index (χ2v) is 5.75. The molecule has 1 N–H and O–H groups in total. The summed E-state index contributed by atoms with van der Waals surface area (Å²) >= 11 is 0. The Labute approximate surface area is 123 Å². The zero-order valence-corrected chi connectivity index (χ0v) is 12.2. The number of aromatic amines is 1. The molecule has 2 aromatic heterocycles. The van der Waals surface area contributed by atoms with Gasteiger partial charge in [-0.1, -0.05) is 18.2 Å². The number of ether oxygens (including phenoxy) is 1. The van der Waals surface area contributed by atoms with E-state index in [4.69, 9.17) is 4.74 Å². The lowest BCUT2D eigenvalue weighted by Gasteiger charge is -2.36. The Bertz CT molecular complexity index is 787. The van der Waals surface area contributed by atoms with Crippen LogP contribution in [0.1, 0.15) is 13.8 Å². The number of nitrogens with one attached hydrogen (secondary N) is 1. The lowest BCUT2D eigenvalue weighted by atomic mass is 10.2. The molecule has 0 amide bonds. The summed E-state index contributed by atoms with van der Waals surface area (Å²) in [7, 11) is 0. The average Bonchev–Trinajstić information content (AvgIpc) is 2.84. The van der Waals surface area contributed by atoms with Crippen molar-refractivity contribution >= 4 is 27.8 Å². The molecule has 1 aliphatic rings. The molecule has 5 nitrogen and oxygen atoms in total. The molecule has 2 atom stereocenters. The van der Waals surface area contributed by atoms with Gasteiger partial charge in [-0.3, -0.25) is 0 Å². The molecule has 0 spiro atoms. The molecule has 4 rings (SSSR count). The van der Waals surface area contributed by atoms with Crippen LogP contribution < -0.4 is 4.90 Å². The Balaban J connectivity index is 1.88. The zero-order valence-electron chi connectivity index (χ0n) is 12.2. The number of para-hydroxylation sites is 1. The van der Waals surface area contributed by atoms with Gasteiger partial charge in [-0.2, -0.15) is 0 Å². The van der Waals surface area contributed by atoms with Gasteiger partial charge in [0.05, 0.1) is 12.2 Å². The summed E-state index contributed by atoms with van der Waals surface area (Å²) in [5.74, 6) is 0.971. The first kappa shape index (κ1) is 12.6. The van der Waals surface area contributed by atoms with Crippen molar-refractivity contribution < 1.29 is 4.74 Å². The summed E-state index contributed by atoms with van der Waals surface area (Å²) < 4.78 is 5.81. The number of anilines is 1. The summed E-state index contributed by atoms with van der Waals surface area (Å²) in [5, 5.41) is 1.14. The third-order valence-electron chi connectivity index (χ3n) is 3.99. The van der Waals surface area contributed by atoms with Gasteiger partial charge in [-0.15, -0.1) is 0 Å². The van der Waals surface area contributed by atoms with Crippen LogP contribution in [0.15, 0.2) is 30.6 Å². The van der Waals surface area contributed by atoms with Gasteiger partial charge in [0.25, 0.3) is 0 Å². The van der Waals surface area contributed by atoms with Crippen molar-refractivity contribution in [2.75, 3.05) is 18.0 Å². The predicted molar refractivity (Wildman–Crippen MR) is 83.6 cm³/mol. The minimum atomic E-state index is 0.211. The number of benzene rings is 1. The summed E-state index contributed by atoms with van der Waals surface area (Å²) in [6.07, 6.45) is 2.08. The summed E-state index contributed by atoms with van der Waals surface area (Å²) in [6.45, 7) is 5.91. The molecule has 1 aliphatic heterocycles. The van der Waals surface area contributed by atoms with Crippen LogP contribution in [0.3, 0.4) is 0 Å². The third-order valence-corrected chi connectivity index (χ3v) is 3.99. The highest BCUT2D eigenvalue weighted by molar-refractivity contribution is 6.08. The zero-order chi connectivity index (χ0) is 14.4. The van der Waals surface area contributed by atoms with Gasteiger partial charge < -0.3 is 14.6 Å². The van der Waals surface area contributed by atoms with Crippen LogP contribution in [0, 0.1) is 0 Å². The Kier molecular flexibility index (Phi) is 2.82. The molecule has 0 aliphatic carbocycles. The maximum atomic E-state index is 5.81. The van der Waals surface area contributed by atoms with Gasteiger partial charge in [0, 0.05) is 24.0 Å². The van der Waals surface area contributed by atoms with Crippen molar-refractivity contribution in [1.29, 1.82) is 0 Å². The van der Waals surface area contributed by atoms with Crippen molar-refractivity contribution in [2.24, 2.45) is 0 Å². The van der Waals surface area contributed by atoms with Gasteiger partial charge in [0.15, 0.2) is 5.82 Å². The van der Waals surface area contributed by atoms with Crippen molar-refractivity contribution in [1.82, 2.24) is 15.0 Å². The number of hydrogen-bond donors (Lipinski definition) is 1. The molecule has 3 heterocycles. The van der Waals surface area contributed by atoms with E-state index in [1.807, 2.05) is 12.1 Å². The van der Waals surface area contributed by atoms with Crippen molar-refractivity contribution in [2.45, 2.75) is 26.1 Å². The van der Waals surface area contributed by atoms with E-state index in [0.717, 1.165) is 40.8 Å². The van der Waals surface area contributed by atoms with Crippen LogP contribution >= 0.6 is 0 Å². The van der Waals surface area contributed by atoms with E-state index in [2.05, 4.69) is 45.8 Å². The standard InChI is InChI=1S/C16H18N4O/c1-10-7-20(8-11(2)21-10)16-15-14(17-9-18-16)12-5-3-4-6-13(12)19-15/h3-6,9-11,19H,7-8H2,1-2H3/t10-,11-/m0/s1. The highest BCUT2D eigenvalue weighted by Crippen LogP contribution is 2.30. The van der Waals surface area contributed by atoms with Crippen LogP contribution in [-0.2, 0) is 4.74 Å². The number of rotatable bonds is 1. The molecule has 5 heteroatoms. The van der Waals surface area contributed by atoms with E-state index < -0.39 is 0 Å². The van der Waals surface area contributed by atoms with E-state index in [-0.39, 0.29) is 12.2 Å². The molecule has 0 saturated carbocycles. The van der Waals surface area contributed by atoms with E-state index in [1.54, 1.807) is 6.33 Å².